The van der Waals surface area contributed by atoms with Crippen molar-refractivity contribution >= 4 is 22.8 Å². The quantitative estimate of drug-likeness (QED) is 0.687. The second-order valence-electron chi connectivity index (χ2n) is 4.82. The van der Waals surface area contributed by atoms with Crippen molar-refractivity contribution in [2.45, 2.75) is 24.3 Å². The SMILES string of the molecule is CCOc1ccc2nc(S[C@H](C)c3ccccc3)[nH]c2c1. The predicted octanol–water partition coefficient (Wildman–Crippen LogP) is 4.81. The summed E-state index contributed by atoms with van der Waals surface area (Å²) in [6.07, 6.45) is 0. The first-order chi connectivity index (χ1) is 10.3. The number of fused-ring (bicyclic) bond motifs is 1. The minimum atomic E-state index is 0.359. The second kappa shape index (κ2) is 6.22. The van der Waals surface area contributed by atoms with Gasteiger partial charge in [0.25, 0.3) is 0 Å². The van der Waals surface area contributed by atoms with E-state index in [1.165, 1.54) is 5.56 Å². The molecule has 1 aromatic heterocycles. The summed E-state index contributed by atoms with van der Waals surface area (Å²) in [4.78, 5) is 8.00. The molecule has 108 valence electrons. The lowest BCUT2D eigenvalue weighted by molar-refractivity contribution is 0.340. The molecule has 1 atom stereocenters. The first-order valence-corrected chi connectivity index (χ1v) is 7.98. The number of nitrogens with one attached hydrogen (secondary N) is 1. The molecule has 1 N–H and O–H groups in total. The number of nitrogens with zero attached hydrogens (tertiary/aromatic N) is 1. The van der Waals surface area contributed by atoms with Gasteiger partial charge >= 0.3 is 0 Å². The third kappa shape index (κ3) is 3.22. The van der Waals surface area contributed by atoms with Crippen LogP contribution in [0.5, 0.6) is 5.75 Å². The molecule has 1 heterocycles. The molecular weight excluding hydrogens is 280 g/mol. The van der Waals surface area contributed by atoms with E-state index in [1.54, 1.807) is 11.8 Å². The van der Waals surface area contributed by atoms with E-state index in [4.69, 9.17) is 4.74 Å². The molecule has 3 nitrogen and oxygen atoms in total. The molecular formula is C17H18N2OS. The van der Waals surface area contributed by atoms with Gasteiger partial charge in [0.15, 0.2) is 5.16 Å². The smallest absolute Gasteiger partial charge is 0.166 e. The zero-order valence-corrected chi connectivity index (χ0v) is 13.0. The number of imidazole rings is 1. The first kappa shape index (κ1) is 14.0. The van der Waals surface area contributed by atoms with Gasteiger partial charge < -0.3 is 9.72 Å². The minimum absolute atomic E-state index is 0.359. The lowest BCUT2D eigenvalue weighted by Crippen LogP contribution is -1.90. The van der Waals surface area contributed by atoms with E-state index in [-0.39, 0.29) is 0 Å². The highest BCUT2D eigenvalue weighted by Crippen LogP contribution is 2.34. The van der Waals surface area contributed by atoms with Crippen molar-refractivity contribution in [2.24, 2.45) is 0 Å². The summed E-state index contributed by atoms with van der Waals surface area (Å²) in [6, 6.07) is 16.4. The van der Waals surface area contributed by atoms with Gasteiger partial charge in [-0.1, -0.05) is 42.1 Å². The van der Waals surface area contributed by atoms with E-state index in [1.807, 2.05) is 31.2 Å². The predicted molar refractivity (Wildman–Crippen MR) is 88.0 cm³/mol. The van der Waals surface area contributed by atoms with E-state index < -0.39 is 0 Å². The Labute approximate surface area is 128 Å². The maximum atomic E-state index is 5.52. The van der Waals surface area contributed by atoms with Crippen LogP contribution in [0.1, 0.15) is 24.7 Å². The van der Waals surface area contributed by atoms with E-state index in [0.717, 1.165) is 21.9 Å². The summed E-state index contributed by atoms with van der Waals surface area (Å²) in [7, 11) is 0. The van der Waals surface area contributed by atoms with Crippen molar-refractivity contribution in [1.82, 2.24) is 9.97 Å². The largest absolute Gasteiger partial charge is 0.494 e. The zero-order valence-electron chi connectivity index (χ0n) is 12.2. The molecule has 0 amide bonds. The van der Waals surface area contributed by atoms with Gasteiger partial charge in [0.2, 0.25) is 0 Å². The van der Waals surface area contributed by atoms with E-state index in [9.17, 15) is 0 Å². The molecule has 0 saturated carbocycles. The molecule has 3 aromatic rings. The molecule has 0 aliphatic heterocycles. The van der Waals surface area contributed by atoms with Gasteiger partial charge in [-0.3, -0.25) is 0 Å². The second-order valence-corrected chi connectivity index (χ2v) is 6.15. The Morgan fingerprint density at radius 3 is 2.76 bits per heavy atom. The van der Waals surface area contributed by atoms with Crippen molar-refractivity contribution < 1.29 is 4.74 Å². The number of rotatable bonds is 5. The number of benzene rings is 2. The number of aromatic nitrogens is 2. The minimum Gasteiger partial charge on any atom is -0.494 e. The van der Waals surface area contributed by atoms with Crippen LogP contribution in [-0.2, 0) is 0 Å². The first-order valence-electron chi connectivity index (χ1n) is 7.10. The van der Waals surface area contributed by atoms with E-state index in [0.29, 0.717) is 11.9 Å². The number of hydrogen-bond acceptors (Lipinski definition) is 3. The van der Waals surface area contributed by atoms with Gasteiger partial charge in [0.1, 0.15) is 5.75 Å². The van der Waals surface area contributed by atoms with Gasteiger partial charge in [-0.05, 0) is 31.5 Å². The molecule has 0 spiro atoms. The van der Waals surface area contributed by atoms with Gasteiger partial charge in [0.05, 0.1) is 17.6 Å². The van der Waals surface area contributed by atoms with Gasteiger partial charge in [-0.25, -0.2) is 4.98 Å². The molecule has 21 heavy (non-hydrogen) atoms. The Morgan fingerprint density at radius 1 is 1.19 bits per heavy atom. The van der Waals surface area contributed by atoms with Gasteiger partial charge in [0, 0.05) is 11.3 Å². The Hall–Kier alpha value is -1.94. The summed E-state index contributed by atoms with van der Waals surface area (Å²) in [5.74, 6) is 0.876. The summed E-state index contributed by atoms with van der Waals surface area (Å²) < 4.78 is 5.52. The summed E-state index contributed by atoms with van der Waals surface area (Å²) >= 11 is 1.73. The number of H-pyrrole nitrogens is 1. The number of aromatic amines is 1. The summed E-state index contributed by atoms with van der Waals surface area (Å²) in [5, 5.41) is 1.30. The Kier molecular flexibility index (Phi) is 4.15. The maximum absolute atomic E-state index is 5.52. The monoisotopic (exact) mass is 298 g/mol. The fraction of sp³-hybridized carbons (Fsp3) is 0.235. The Morgan fingerprint density at radius 2 is 2.00 bits per heavy atom. The van der Waals surface area contributed by atoms with Crippen LogP contribution in [0.25, 0.3) is 11.0 Å². The van der Waals surface area contributed by atoms with Crippen LogP contribution in [0.3, 0.4) is 0 Å². The highest BCUT2D eigenvalue weighted by Gasteiger charge is 2.11. The van der Waals surface area contributed by atoms with Crippen LogP contribution in [0.15, 0.2) is 53.7 Å². The summed E-state index contributed by atoms with van der Waals surface area (Å²) in [5.41, 5.74) is 3.29. The molecule has 0 aliphatic rings. The lowest BCUT2D eigenvalue weighted by Gasteiger charge is -2.08. The third-order valence-corrected chi connectivity index (χ3v) is 4.34. The number of thioether (sulfide) groups is 1. The van der Waals surface area contributed by atoms with E-state index >= 15 is 0 Å². The normalized spacial score (nSPS) is 12.5. The lowest BCUT2D eigenvalue weighted by atomic mass is 10.2. The molecule has 0 radical (unpaired) electrons. The highest BCUT2D eigenvalue weighted by molar-refractivity contribution is 7.99. The average molecular weight is 298 g/mol. The number of ether oxygens (including phenoxy) is 1. The van der Waals surface area contributed by atoms with Crippen molar-refractivity contribution in [3.63, 3.8) is 0 Å². The number of hydrogen-bond donors (Lipinski definition) is 1. The molecule has 0 saturated heterocycles. The van der Waals surface area contributed by atoms with Crippen molar-refractivity contribution in [3.8, 4) is 5.75 Å². The standard InChI is InChI=1S/C17H18N2OS/c1-3-20-14-9-10-15-16(11-14)19-17(18-15)21-12(2)13-7-5-4-6-8-13/h4-12H,3H2,1-2H3,(H,18,19)/t12-/m1/s1. The van der Waals surface area contributed by atoms with Crippen molar-refractivity contribution in [1.29, 1.82) is 0 Å². The van der Waals surface area contributed by atoms with Gasteiger partial charge in [-0.15, -0.1) is 0 Å². The van der Waals surface area contributed by atoms with E-state index in [2.05, 4.69) is 41.2 Å². The van der Waals surface area contributed by atoms with Crippen LogP contribution in [0.4, 0.5) is 0 Å². The zero-order chi connectivity index (χ0) is 14.7. The van der Waals surface area contributed by atoms with Crippen molar-refractivity contribution in [3.05, 3.63) is 54.1 Å². The maximum Gasteiger partial charge on any atom is 0.166 e. The topological polar surface area (TPSA) is 37.9 Å². The molecule has 0 unspecified atom stereocenters. The van der Waals surface area contributed by atoms with Crippen LogP contribution >= 0.6 is 11.8 Å². The molecule has 2 aromatic carbocycles. The van der Waals surface area contributed by atoms with Crippen LogP contribution < -0.4 is 4.74 Å². The Balaban J connectivity index is 1.81. The highest BCUT2D eigenvalue weighted by atomic mass is 32.2. The van der Waals surface area contributed by atoms with Crippen LogP contribution in [-0.4, -0.2) is 16.6 Å². The molecule has 0 bridgehead atoms. The molecule has 4 heteroatoms. The fourth-order valence-corrected chi connectivity index (χ4v) is 3.19. The average Bonchev–Trinajstić information content (AvgIpc) is 2.90. The van der Waals surface area contributed by atoms with Crippen LogP contribution in [0, 0.1) is 0 Å². The van der Waals surface area contributed by atoms with Crippen LogP contribution in [0.2, 0.25) is 0 Å². The summed E-state index contributed by atoms with van der Waals surface area (Å²) in [6.45, 7) is 4.85. The molecule has 0 aliphatic carbocycles. The molecule has 0 fully saturated rings. The Bertz CT molecular complexity index is 724. The van der Waals surface area contributed by atoms with Gasteiger partial charge in [-0.2, -0.15) is 0 Å². The third-order valence-electron chi connectivity index (χ3n) is 3.30. The molecule has 3 rings (SSSR count). The van der Waals surface area contributed by atoms with Crippen molar-refractivity contribution in [2.75, 3.05) is 6.61 Å². The fourth-order valence-electron chi connectivity index (χ4n) is 2.24.